The van der Waals surface area contributed by atoms with Gasteiger partial charge in [-0.25, -0.2) is 0 Å². The van der Waals surface area contributed by atoms with Crippen molar-refractivity contribution in [1.29, 1.82) is 0 Å². The van der Waals surface area contributed by atoms with Crippen molar-refractivity contribution in [2.24, 2.45) is 0 Å². The van der Waals surface area contributed by atoms with Crippen LogP contribution in [-0.4, -0.2) is 45.1 Å². The van der Waals surface area contributed by atoms with E-state index in [2.05, 4.69) is 0 Å². The highest BCUT2D eigenvalue weighted by Crippen LogP contribution is 2.44. The molecule has 2 aromatic carbocycles. The lowest BCUT2D eigenvalue weighted by Crippen LogP contribution is -2.31. The van der Waals surface area contributed by atoms with Gasteiger partial charge in [0.2, 0.25) is 5.78 Å². The Morgan fingerprint density at radius 1 is 1.03 bits per heavy atom. The van der Waals surface area contributed by atoms with Crippen LogP contribution in [0.4, 0.5) is 11.4 Å². The van der Waals surface area contributed by atoms with Gasteiger partial charge in [-0.2, -0.15) is 0 Å². The predicted octanol–water partition coefficient (Wildman–Crippen LogP) is 4.61. The van der Waals surface area contributed by atoms with E-state index in [1.54, 1.807) is 35.7 Å². The summed E-state index contributed by atoms with van der Waals surface area (Å²) < 4.78 is 10.7. The quantitative estimate of drug-likeness (QED) is 0.514. The standard InChI is InChI=1S/C25H24N2O5S/c1-26(2)16-9-7-15(8-10-16)22-21(23(28)20-6-5-11-33-20)24(29)25(30)27(22)17-12-18(31-3)14-19(13-17)32-4/h5-14,22,29H,1-4H3. The number of rotatable bonds is 7. The van der Waals surface area contributed by atoms with Crippen LogP contribution in [-0.2, 0) is 4.79 Å². The van der Waals surface area contributed by atoms with Gasteiger partial charge in [0, 0.05) is 38.0 Å². The normalized spacial score (nSPS) is 15.7. The third kappa shape index (κ3) is 4.05. The second-order valence-corrected chi connectivity index (χ2v) is 8.65. The molecule has 1 aliphatic heterocycles. The van der Waals surface area contributed by atoms with Crippen LogP contribution in [0.25, 0.3) is 0 Å². The maximum absolute atomic E-state index is 13.4. The molecule has 7 nitrogen and oxygen atoms in total. The molecule has 8 heteroatoms. The Balaban J connectivity index is 1.89. The predicted molar refractivity (Wildman–Crippen MR) is 129 cm³/mol. The van der Waals surface area contributed by atoms with E-state index in [0.717, 1.165) is 5.69 Å². The zero-order valence-electron chi connectivity index (χ0n) is 18.7. The van der Waals surface area contributed by atoms with E-state index < -0.39 is 17.7 Å². The number of amides is 1. The Morgan fingerprint density at radius 2 is 1.67 bits per heavy atom. The zero-order valence-corrected chi connectivity index (χ0v) is 19.6. The minimum atomic E-state index is -0.819. The number of Topliss-reactive ketones (excluding diaryl/α,β-unsaturated/α-hetero) is 1. The van der Waals surface area contributed by atoms with Gasteiger partial charge in [-0.3, -0.25) is 14.5 Å². The van der Waals surface area contributed by atoms with E-state index in [-0.39, 0.29) is 11.4 Å². The van der Waals surface area contributed by atoms with E-state index in [1.165, 1.54) is 30.5 Å². The van der Waals surface area contributed by atoms with Crippen molar-refractivity contribution in [2.45, 2.75) is 6.04 Å². The summed E-state index contributed by atoms with van der Waals surface area (Å²) in [6.45, 7) is 0. The van der Waals surface area contributed by atoms with E-state index in [1.807, 2.05) is 43.3 Å². The third-order valence-corrected chi connectivity index (χ3v) is 6.41. The summed E-state index contributed by atoms with van der Waals surface area (Å²) in [5, 5.41) is 12.7. The average Bonchev–Trinajstić information content (AvgIpc) is 3.45. The van der Waals surface area contributed by atoms with Crippen molar-refractivity contribution in [2.75, 3.05) is 38.1 Å². The number of ketones is 1. The Kier molecular flexibility index (Phi) is 6.11. The molecule has 0 saturated heterocycles. The number of carbonyl (C=O) groups excluding carboxylic acids is 2. The average molecular weight is 465 g/mol. The van der Waals surface area contributed by atoms with Crippen LogP contribution in [0.15, 0.2) is 71.3 Å². The topological polar surface area (TPSA) is 79.3 Å². The van der Waals surface area contributed by atoms with Crippen LogP contribution in [0.3, 0.4) is 0 Å². The van der Waals surface area contributed by atoms with E-state index in [9.17, 15) is 14.7 Å². The summed E-state index contributed by atoms with van der Waals surface area (Å²) in [5.41, 5.74) is 2.15. The van der Waals surface area contributed by atoms with E-state index >= 15 is 0 Å². The van der Waals surface area contributed by atoms with E-state index in [4.69, 9.17) is 9.47 Å². The lowest BCUT2D eigenvalue weighted by molar-refractivity contribution is -0.117. The SMILES string of the molecule is COc1cc(OC)cc(N2C(=O)C(O)=C(C(=O)c3cccs3)C2c2ccc(N(C)C)cc2)c1. The second kappa shape index (κ2) is 8.99. The van der Waals surface area contributed by atoms with Crippen molar-refractivity contribution in [3.05, 3.63) is 81.8 Å². The highest BCUT2D eigenvalue weighted by atomic mass is 32.1. The lowest BCUT2D eigenvalue weighted by Gasteiger charge is -2.28. The number of nitrogens with zero attached hydrogens (tertiary/aromatic N) is 2. The molecule has 3 aromatic rings. The summed E-state index contributed by atoms with van der Waals surface area (Å²) in [4.78, 5) is 30.5. The smallest absolute Gasteiger partial charge is 0.294 e. The molecule has 1 unspecified atom stereocenters. The molecule has 170 valence electrons. The van der Waals surface area contributed by atoms with Gasteiger partial charge in [0.25, 0.3) is 5.91 Å². The number of anilines is 2. The maximum atomic E-state index is 13.4. The Morgan fingerprint density at radius 3 is 2.18 bits per heavy atom. The molecule has 1 aromatic heterocycles. The van der Waals surface area contributed by atoms with Crippen molar-refractivity contribution < 1.29 is 24.2 Å². The van der Waals surface area contributed by atoms with E-state index in [0.29, 0.717) is 27.6 Å². The molecule has 1 N–H and O–H groups in total. The van der Waals surface area contributed by atoms with Crippen LogP contribution in [0, 0.1) is 0 Å². The number of benzene rings is 2. The van der Waals surface area contributed by atoms with Crippen LogP contribution in [0.2, 0.25) is 0 Å². The molecule has 0 bridgehead atoms. The fourth-order valence-electron chi connectivity index (χ4n) is 3.85. The monoisotopic (exact) mass is 464 g/mol. The number of aliphatic hydroxyl groups is 1. The van der Waals surface area contributed by atoms with Crippen molar-refractivity contribution >= 4 is 34.4 Å². The molecular formula is C25H24N2O5S. The summed E-state index contributed by atoms with van der Waals surface area (Å²) in [7, 11) is 6.90. The Hall–Kier alpha value is -3.78. The third-order valence-electron chi connectivity index (χ3n) is 5.54. The Bertz CT molecular complexity index is 1190. The highest BCUT2D eigenvalue weighted by Gasteiger charge is 2.45. The van der Waals surface area contributed by atoms with Gasteiger partial charge in [0.05, 0.1) is 36.4 Å². The van der Waals surface area contributed by atoms with Crippen LogP contribution < -0.4 is 19.3 Å². The number of aliphatic hydroxyl groups excluding tert-OH is 1. The van der Waals surface area contributed by atoms with Gasteiger partial charge in [-0.1, -0.05) is 18.2 Å². The highest BCUT2D eigenvalue weighted by molar-refractivity contribution is 7.12. The minimum Gasteiger partial charge on any atom is -0.503 e. The lowest BCUT2D eigenvalue weighted by atomic mass is 9.95. The Labute approximate surface area is 196 Å². The van der Waals surface area contributed by atoms with Gasteiger partial charge in [-0.15, -0.1) is 11.3 Å². The molecule has 4 rings (SSSR count). The summed E-state index contributed by atoms with van der Waals surface area (Å²) >= 11 is 1.26. The number of ether oxygens (including phenoxy) is 2. The molecule has 2 heterocycles. The van der Waals surface area contributed by atoms with Gasteiger partial charge < -0.3 is 19.5 Å². The van der Waals surface area contributed by atoms with Crippen molar-refractivity contribution in [3.8, 4) is 11.5 Å². The minimum absolute atomic E-state index is 0.0434. The second-order valence-electron chi connectivity index (χ2n) is 7.70. The molecule has 0 saturated carbocycles. The van der Waals surface area contributed by atoms with Gasteiger partial charge in [0.1, 0.15) is 11.5 Å². The molecule has 1 atom stereocenters. The van der Waals surface area contributed by atoms with Gasteiger partial charge in [-0.05, 0) is 29.1 Å². The van der Waals surface area contributed by atoms with Gasteiger partial charge >= 0.3 is 0 Å². The summed E-state index contributed by atoms with van der Waals surface area (Å²) in [5.74, 6) is -0.633. The number of hydrogen-bond acceptors (Lipinski definition) is 7. The van der Waals surface area contributed by atoms with Crippen LogP contribution >= 0.6 is 11.3 Å². The summed E-state index contributed by atoms with van der Waals surface area (Å²) in [6, 6.07) is 15.2. The number of methoxy groups -OCH3 is 2. The van der Waals surface area contributed by atoms with Crippen molar-refractivity contribution in [1.82, 2.24) is 0 Å². The molecule has 0 radical (unpaired) electrons. The van der Waals surface area contributed by atoms with Crippen LogP contribution in [0.1, 0.15) is 21.3 Å². The van der Waals surface area contributed by atoms with Gasteiger partial charge in [0.15, 0.2) is 5.76 Å². The molecule has 1 amide bonds. The number of hydrogen-bond donors (Lipinski definition) is 1. The maximum Gasteiger partial charge on any atom is 0.294 e. The number of carbonyl (C=O) groups is 2. The van der Waals surface area contributed by atoms with Crippen molar-refractivity contribution in [3.63, 3.8) is 0 Å². The first kappa shape index (κ1) is 22.4. The number of thiophene rings is 1. The molecule has 0 spiro atoms. The molecule has 0 fully saturated rings. The first-order valence-corrected chi connectivity index (χ1v) is 11.1. The molecule has 0 aliphatic carbocycles. The molecule has 33 heavy (non-hydrogen) atoms. The largest absolute Gasteiger partial charge is 0.503 e. The first-order chi connectivity index (χ1) is 15.8. The zero-order chi connectivity index (χ0) is 23.7. The fourth-order valence-corrected chi connectivity index (χ4v) is 4.52. The summed E-state index contributed by atoms with van der Waals surface area (Å²) in [6.07, 6.45) is 0. The first-order valence-electron chi connectivity index (χ1n) is 10.2. The fraction of sp³-hybridized carbons (Fsp3) is 0.200. The molecule has 1 aliphatic rings. The molecular weight excluding hydrogens is 440 g/mol. The van der Waals surface area contributed by atoms with Crippen LogP contribution in [0.5, 0.6) is 11.5 Å².